The average molecular weight is 413 g/mol. The Bertz CT molecular complexity index is 807. The Labute approximate surface area is 178 Å². The summed E-state index contributed by atoms with van der Waals surface area (Å²) in [6.07, 6.45) is 8.80. The van der Waals surface area contributed by atoms with Crippen LogP contribution in [0.1, 0.15) is 70.9 Å². The molecule has 0 aromatic heterocycles. The van der Waals surface area contributed by atoms with Crippen LogP contribution in [0.25, 0.3) is 0 Å². The van der Waals surface area contributed by atoms with Crippen molar-refractivity contribution in [2.24, 2.45) is 17.3 Å². The van der Waals surface area contributed by atoms with Crippen molar-refractivity contribution in [3.63, 3.8) is 0 Å². The average Bonchev–Trinajstić information content (AvgIpc) is 2.95. The van der Waals surface area contributed by atoms with Gasteiger partial charge in [0, 0.05) is 5.41 Å². The zero-order valence-electron chi connectivity index (χ0n) is 19.3. The monoisotopic (exact) mass is 412 g/mol. The van der Waals surface area contributed by atoms with E-state index in [-0.39, 0.29) is 22.0 Å². The largest absolute Gasteiger partial charge is 0.543 e. The maximum absolute atomic E-state index is 10.7. The fourth-order valence-electron chi connectivity index (χ4n) is 6.49. The highest BCUT2D eigenvalue weighted by Crippen LogP contribution is 2.63. The molecular formula is C26H40O2Si. The van der Waals surface area contributed by atoms with Gasteiger partial charge in [0.2, 0.25) is 8.32 Å². The Hall–Kier alpha value is -1.06. The number of hydrogen-bond acceptors (Lipinski definition) is 2. The summed E-state index contributed by atoms with van der Waals surface area (Å²) in [6.45, 7) is 18.2. The van der Waals surface area contributed by atoms with E-state index in [0.29, 0.717) is 11.8 Å². The lowest BCUT2D eigenvalue weighted by molar-refractivity contribution is -0.0388. The molecular weight excluding hydrogens is 372 g/mol. The third-order valence-electron chi connectivity index (χ3n) is 9.43. The number of allylic oxidation sites excluding steroid dienone is 1. The number of fused-ring (bicyclic) bond motifs is 5. The summed E-state index contributed by atoms with van der Waals surface area (Å²) in [4.78, 5) is 0. The van der Waals surface area contributed by atoms with Gasteiger partial charge in [0.1, 0.15) is 5.75 Å². The van der Waals surface area contributed by atoms with E-state index >= 15 is 0 Å². The quantitative estimate of drug-likeness (QED) is 0.446. The lowest BCUT2D eigenvalue weighted by atomic mass is 9.48. The maximum atomic E-state index is 10.7. The molecule has 0 aliphatic heterocycles. The minimum absolute atomic E-state index is 0.0668. The molecule has 4 rings (SSSR count). The number of rotatable bonds is 3. The Morgan fingerprint density at radius 3 is 2.52 bits per heavy atom. The van der Waals surface area contributed by atoms with Gasteiger partial charge in [-0.25, -0.2) is 0 Å². The van der Waals surface area contributed by atoms with Crippen molar-refractivity contribution < 1.29 is 9.53 Å². The van der Waals surface area contributed by atoms with E-state index in [1.807, 2.05) is 0 Å². The van der Waals surface area contributed by atoms with Gasteiger partial charge < -0.3 is 9.53 Å². The first kappa shape index (κ1) is 21.2. The van der Waals surface area contributed by atoms with Crippen LogP contribution in [-0.2, 0) is 11.8 Å². The third kappa shape index (κ3) is 3.06. The molecule has 0 radical (unpaired) electrons. The molecule has 160 valence electrons. The summed E-state index contributed by atoms with van der Waals surface area (Å²) in [5, 5.41) is 10.9. The topological polar surface area (TPSA) is 29.5 Å². The van der Waals surface area contributed by atoms with E-state index in [1.165, 1.54) is 24.0 Å². The molecule has 1 N–H and O–H groups in total. The molecule has 29 heavy (non-hydrogen) atoms. The summed E-state index contributed by atoms with van der Waals surface area (Å²) >= 11 is 0. The minimum atomic E-state index is -1.84. The van der Waals surface area contributed by atoms with Crippen LogP contribution >= 0.6 is 0 Å². The Morgan fingerprint density at radius 1 is 1.14 bits per heavy atom. The van der Waals surface area contributed by atoms with Crippen LogP contribution in [0.4, 0.5) is 0 Å². The van der Waals surface area contributed by atoms with Crippen LogP contribution in [-0.4, -0.2) is 19.5 Å². The molecule has 2 nitrogen and oxygen atoms in total. The number of aryl methyl sites for hydroxylation is 1. The summed E-state index contributed by atoms with van der Waals surface area (Å²) < 4.78 is 6.61. The van der Waals surface area contributed by atoms with Crippen molar-refractivity contribution in [2.75, 3.05) is 0 Å². The summed E-state index contributed by atoms with van der Waals surface area (Å²) in [5.41, 5.74) is 3.10. The van der Waals surface area contributed by atoms with Crippen LogP contribution < -0.4 is 4.43 Å². The van der Waals surface area contributed by atoms with Gasteiger partial charge in [-0.15, -0.1) is 6.58 Å². The smallest absolute Gasteiger partial charge is 0.250 e. The second-order valence-corrected chi connectivity index (χ2v) is 16.5. The van der Waals surface area contributed by atoms with Crippen molar-refractivity contribution in [1.29, 1.82) is 0 Å². The fraction of sp³-hybridized carbons (Fsp3) is 0.692. The molecule has 2 fully saturated rings. The third-order valence-corrected chi connectivity index (χ3v) is 13.8. The highest BCUT2D eigenvalue weighted by atomic mass is 28.4. The van der Waals surface area contributed by atoms with Gasteiger partial charge in [-0.3, -0.25) is 0 Å². The van der Waals surface area contributed by atoms with E-state index in [1.54, 1.807) is 0 Å². The molecule has 1 aromatic carbocycles. The van der Waals surface area contributed by atoms with Crippen molar-refractivity contribution in [3.8, 4) is 5.75 Å². The molecule has 5 atom stereocenters. The van der Waals surface area contributed by atoms with Crippen LogP contribution in [0.2, 0.25) is 18.1 Å². The molecule has 3 aliphatic rings. The van der Waals surface area contributed by atoms with Crippen LogP contribution in [0, 0.1) is 17.3 Å². The molecule has 0 bridgehead atoms. The molecule has 3 heteroatoms. The van der Waals surface area contributed by atoms with Crippen molar-refractivity contribution in [3.05, 3.63) is 42.0 Å². The van der Waals surface area contributed by atoms with Crippen LogP contribution in [0.3, 0.4) is 0 Å². The van der Waals surface area contributed by atoms with Gasteiger partial charge >= 0.3 is 0 Å². The molecule has 0 spiro atoms. The maximum Gasteiger partial charge on any atom is 0.250 e. The summed E-state index contributed by atoms with van der Waals surface area (Å²) in [7, 11) is -1.84. The predicted molar refractivity (Wildman–Crippen MR) is 124 cm³/mol. The van der Waals surface area contributed by atoms with Gasteiger partial charge in [-0.05, 0) is 97.2 Å². The van der Waals surface area contributed by atoms with Crippen molar-refractivity contribution >= 4 is 8.32 Å². The number of hydrogen-bond donors (Lipinski definition) is 1. The molecule has 0 unspecified atom stereocenters. The first-order chi connectivity index (χ1) is 13.4. The highest BCUT2D eigenvalue weighted by molar-refractivity contribution is 6.74. The molecule has 1 aromatic rings. The van der Waals surface area contributed by atoms with Gasteiger partial charge in [0.25, 0.3) is 0 Å². The summed E-state index contributed by atoms with van der Waals surface area (Å²) in [5.74, 6) is 2.26. The standard InChI is InChI=1S/C26H40O2Si/c1-8-26-16-15-25(5)21(13-14-23(25)27)22(26)11-9-18-17-19(10-12-20(18)26)28-29(6,7)24(2,3)4/h8,10,12,17,21-23,27H,1,9,11,13-16H2,2-7H3/t21-,22-,23-,25-,26+/m0/s1. The minimum Gasteiger partial charge on any atom is -0.543 e. The lowest BCUT2D eigenvalue weighted by Gasteiger charge is -2.56. The summed E-state index contributed by atoms with van der Waals surface area (Å²) in [6, 6.07) is 6.89. The van der Waals surface area contributed by atoms with Crippen LogP contribution in [0.15, 0.2) is 30.9 Å². The second-order valence-electron chi connectivity index (χ2n) is 11.8. The number of benzene rings is 1. The molecule has 0 amide bonds. The van der Waals surface area contributed by atoms with E-state index < -0.39 is 8.32 Å². The number of aliphatic hydroxyl groups excluding tert-OH is 1. The first-order valence-corrected chi connectivity index (χ1v) is 14.5. The zero-order chi connectivity index (χ0) is 21.2. The van der Waals surface area contributed by atoms with Gasteiger partial charge in [-0.2, -0.15) is 0 Å². The Kier molecular flexibility index (Phi) is 4.91. The van der Waals surface area contributed by atoms with E-state index in [2.05, 4.69) is 71.6 Å². The Balaban J connectivity index is 1.69. The van der Waals surface area contributed by atoms with Gasteiger partial charge in [0.15, 0.2) is 0 Å². The molecule has 2 saturated carbocycles. The first-order valence-electron chi connectivity index (χ1n) is 11.6. The molecule has 3 aliphatic carbocycles. The zero-order valence-corrected chi connectivity index (χ0v) is 20.3. The van der Waals surface area contributed by atoms with E-state index in [9.17, 15) is 5.11 Å². The van der Waals surface area contributed by atoms with Gasteiger partial charge in [-0.1, -0.05) is 39.8 Å². The van der Waals surface area contributed by atoms with Crippen LogP contribution in [0.5, 0.6) is 5.75 Å². The molecule has 0 saturated heterocycles. The van der Waals surface area contributed by atoms with Crippen molar-refractivity contribution in [1.82, 2.24) is 0 Å². The Morgan fingerprint density at radius 2 is 1.86 bits per heavy atom. The molecule has 0 heterocycles. The van der Waals surface area contributed by atoms with Crippen molar-refractivity contribution in [2.45, 2.75) is 95.9 Å². The predicted octanol–water partition coefficient (Wildman–Crippen LogP) is 6.63. The number of aliphatic hydroxyl groups is 1. The normalized spacial score (nSPS) is 36.7. The SMILES string of the molecule is C=C[C@]12CC[C@]3(C)[C@@H](O)CC[C@H]3[C@@H]1CCc1cc(O[Si](C)(C)C(C)(C)C)ccc12. The van der Waals surface area contributed by atoms with E-state index in [4.69, 9.17) is 4.43 Å². The fourth-order valence-corrected chi connectivity index (χ4v) is 7.51. The second kappa shape index (κ2) is 6.72. The van der Waals surface area contributed by atoms with E-state index in [0.717, 1.165) is 31.4 Å². The van der Waals surface area contributed by atoms with Gasteiger partial charge in [0.05, 0.1) is 6.10 Å². The highest BCUT2D eigenvalue weighted by Gasteiger charge is 2.59. The lowest BCUT2D eigenvalue weighted by Crippen LogP contribution is -2.52.